The number of nitrogens with zero attached hydrogens (tertiary/aromatic N) is 1. The molecular weight excluding hydrogens is 322 g/mol. The molecule has 0 bridgehead atoms. The number of carbonyl (C=O) groups is 1. The lowest BCUT2D eigenvalue weighted by Gasteiger charge is -2.26. The van der Waals surface area contributed by atoms with Gasteiger partial charge in [0, 0.05) is 0 Å². The van der Waals surface area contributed by atoms with Crippen LogP contribution in [0.4, 0.5) is 5.69 Å². The zero-order valence-electron chi connectivity index (χ0n) is 12.0. The first kappa shape index (κ1) is 15.3. The zero-order chi connectivity index (χ0) is 16.6. The number of ether oxygens (including phenoxy) is 1. The van der Waals surface area contributed by atoms with Crippen molar-refractivity contribution in [2.24, 2.45) is 0 Å². The second-order valence-electron chi connectivity index (χ2n) is 4.72. The first-order chi connectivity index (χ1) is 10.9. The lowest BCUT2D eigenvalue weighted by Crippen LogP contribution is -2.45. The Morgan fingerprint density at radius 3 is 2.57 bits per heavy atom. The van der Waals surface area contributed by atoms with Gasteiger partial charge in [0.05, 0.1) is 23.9 Å². The first-order valence-corrected chi connectivity index (χ1v) is 8.06. The van der Waals surface area contributed by atoms with Gasteiger partial charge in [0.25, 0.3) is 5.91 Å². The molecule has 3 N–H and O–H groups in total. The Hall–Kier alpha value is -2.65. The summed E-state index contributed by atoms with van der Waals surface area (Å²) < 4.78 is 30.6. The Labute approximate surface area is 132 Å². The molecule has 2 aromatic rings. The molecule has 1 aromatic heterocycles. The predicted octanol–water partition coefficient (Wildman–Crippen LogP) is 0.354. The molecule has 3 rings (SSSR count). The number of nitrogens with one attached hydrogen (secondary N) is 2. The van der Waals surface area contributed by atoms with Gasteiger partial charge < -0.3 is 20.5 Å². The SMILES string of the molecule is COc1ncc(S(=O)(=O)c2ccccc2)c2c1C(=O)NC(O)N2. The van der Waals surface area contributed by atoms with E-state index >= 15 is 0 Å². The molecule has 1 aliphatic rings. The van der Waals surface area contributed by atoms with E-state index in [1.165, 1.54) is 19.2 Å². The number of sulfone groups is 1. The summed E-state index contributed by atoms with van der Waals surface area (Å²) in [6.45, 7) is 0. The maximum absolute atomic E-state index is 12.8. The van der Waals surface area contributed by atoms with Crippen molar-refractivity contribution in [3.05, 3.63) is 42.1 Å². The molecule has 120 valence electrons. The number of fused-ring (bicyclic) bond motifs is 1. The van der Waals surface area contributed by atoms with Crippen molar-refractivity contribution in [3.8, 4) is 5.88 Å². The summed E-state index contributed by atoms with van der Waals surface area (Å²) in [4.78, 5) is 15.8. The van der Waals surface area contributed by atoms with Crippen molar-refractivity contribution < 1.29 is 23.1 Å². The van der Waals surface area contributed by atoms with Gasteiger partial charge in [0.1, 0.15) is 10.5 Å². The Bertz CT molecular complexity index is 867. The van der Waals surface area contributed by atoms with Crippen LogP contribution in [0.5, 0.6) is 5.88 Å². The van der Waals surface area contributed by atoms with Crippen LogP contribution in [-0.2, 0) is 9.84 Å². The van der Waals surface area contributed by atoms with Gasteiger partial charge in [-0.05, 0) is 12.1 Å². The van der Waals surface area contributed by atoms with Crippen LogP contribution in [0.25, 0.3) is 0 Å². The van der Waals surface area contributed by atoms with E-state index < -0.39 is 22.1 Å². The molecule has 1 aromatic carbocycles. The number of aromatic nitrogens is 1. The molecule has 0 radical (unpaired) electrons. The van der Waals surface area contributed by atoms with E-state index in [1.807, 2.05) is 0 Å². The molecule has 1 amide bonds. The highest BCUT2D eigenvalue weighted by Gasteiger charge is 2.33. The smallest absolute Gasteiger partial charge is 0.262 e. The topological polar surface area (TPSA) is 118 Å². The van der Waals surface area contributed by atoms with Crippen LogP contribution in [0.2, 0.25) is 0 Å². The summed E-state index contributed by atoms with van der Waals surface area (Å²) in [5.74, 6) is -0.718. The van der Waals surface area contributed by atoms with Gasteiger partial charge in [-0.3, -0.25) is 4.79 Å². The predicted molar refractivity (Wildman–Crippen MR) is 79.8 cm³/mol. The van der Waals surface area contributed by atoms with Gasteiger partial charge in [0.15, 0.2) is 0 Å². The molecule has 23 heavy (non-hydrogen) atoms. The summed E-state index contributed by atoms with van der Waals surface area (Å²) >= 11 is 0. The number of methoxy groups -OCH3 is 1. The number of hydrogen-bond donors (Lipinski definition) is 3. The van der Waals surface area contributed by atoms with Crippen LogP contribution in [-0.4, -0.2) is 37.9 Å². The fourth-order valence-corrected chi connectivity index (χ4v) is 3.68. The number of benzene rings is 1. The number of anilines is 1. The zero-order valence-corrected chi connectivity index (χ0v) is 12.8. The maximum Gasteiger partial charge on any atom is 0.262 e. The molecule has 1 unspecified atom stereocenters. The summed E-state index contributed by atoms with van der Waals surface area (Å²) in [6, 6.07) is 7.74. The van der Waals surface area contributed by atoms with Gasteiger partial charge in [-0.1, -0.05) is 18.2 Å². The van der Waals surface area contributed by atoms with E-state index in [9.17, 15) is 18.3 Å². The van der Waals surface area contributed by atoms with Crippen LogP contribution in [0.15, 0.2) is 46.3 Å². The van der Waals surface area contributed by atoms with E-state index in [-0.39, 0.29) is 26.9 Å². The Kier molecular flexibility index (Phi) is 3.66. The molecule has 8 nitrogen and oxygen atoms in total. The van der Waals surface area contributed by atoms with Crippen molar-refractivity contribution in [1.29, 1.82) is 0 Å². The number of carbonyl (C=O) groups excluding carboxylic acids is 1. The molecule has 0 saturated carbocycles. The average molecular weight is 335 g/mol. The molecule has 0 saturated heterocycles. The quantitative estimate of drug-likeness (QED) is 0.741. The minimum absolute atomic E-state index is 0.0380. The van der Waals surface area contributed by atoms with E-state index in [0.29, 0.717) is 0 Å². The third-order valence-corrected chi connectivity index (χ3v) is 5.10. The van der Waals surface area contributed by atoms with Gasteiger partial charge in [-0.2, -0.15) is 0 Å². The van der Waals surface area contributed by atoms with E-state index in [2.05, 4.69) is 15.6 Å². The molecule has 0 fully saturated rings. The highest BCUT2D eigenvalue weighted by molar-refractivity contribution is 7.91. The first-order valence-electron chi connectivity index (χ1n) is 6.57. The van der Waals surface area contributed by atoms with Crippen molar-refractivity contribution >= 4 is 21.4 Å². The lowest BCUT2D eigenvalue weighted by molar-refractivity contribution is 0.0808. The highest BCUT2D eigenvalue weighted by Crippen LogP contribution is 2.35. The third-order valence-electron chi connectivity index (χ3n) is 3.32. The van der Waals surface area contributed by atoms with Crippen molar-refractivity contribution in [2.75, 3.05) is 12.4 Å². The van der Waals surface area contributed by atoms with Crippen LogP contribution in [0.1, 0.15) is 10.4 Å². The average Bonchev–Trinajstić information content (AvgIpc) is 2.54. The number of hydrogen-bond acceptors (Lipinski definition) is 7. The van der Waals surface area contributed by atoms with Crippen LogP contribution >= 0.6 is 0 Å². The molecule has 1 aliphatic heterocycles. The van der Waals surface area contributed by atoms with Crippen LogP contribution in [0, 0.1) is 0 Å². The van der Waals surface area contributed by atoms with Crippen LogP contribution < -0.4 is 15.4 Å². The molecule has 0 spiro atoms. The third kappa shape index (κ3) is 2.49. The summed E-state index contributed by atoms with van der Waals surface area (Å²) in [6.07, 6.45) is -0.315. The number of aliphatic hydroxyl groups is 1. The monoisotopic (exact) mass is 335 g/mol. The van der Waals surface area contributed by atoms with Crippen molar-refractivity contribution in [3.63, 3.8) is 0 Å². The molecular formula is C14H13N3O5S. The fourth-order valence-electron chi connectivity index (χ4n) is 2.28. The van der Waals surface area contributed by atoms with Gasteiger partial charge >= 0.3 is 0 Å². The molecule has 0 aliphatic carbocycles. The van der Waals surface area contributed by atoms with Crippen molar-refractivity contribution in [2.45, 2.75) is 16.1 Å². The van der Waals surface area contributed by atoms with E-state index in [0.717, 1.165) is 6.20 Å². The molecule has 1 atom stereocenters. The Morgan fingerprint density at radius 2 is 1.91 bits per heavy atom. The Morgan fingerprint density at radius 1 is 1.22 bits per heavy atom. The normalized spacial score (nSPS) is 17.0. The maximum atomic E-state index is 12.8. The van der Waals surface area contributed by atoms with Gasteiger partial charge in [-0.25, -0.2) is 13.4 Å². The largest absolute Gasteiger partial charge is 0.480 e. The second-order valence-corrected chi connectivity index (χ2v) is 6.64. The molecule has 9 heteroatoms. The number of amides is 1. The summed E-state index contributed by atoms with van der Waals surface area (Å²) in [7, 11) is -2.61. The number of rotatable bonds is 3. The Balaban J connectivity index is 2.26. The van der Waals surface area contributed by atoms with Gasteiger partial charge in [-0.15, -0.1) is 0 Å². The van der Waals surface area contributed by atoms with E-state index in [1.54, 1.807) is 18.2 Å². The van der Waals surface area contributed by atoms with E-state index in [4.69, 9.17) is 4.74 Å². The number of aliphatic hydroxyl groups excluding tert-OH is 1. The number of pyridine rings is 1. The van der Waals surface area contributed by atoms with Crippen molar-refractivity contribution in [1.82, 2.24) is 10.3 Å². The highest BCUT2D eigenvalue weighted by atomic mass is 32.2. The fraction of sp³-hybridized carbons (Fsp3) is 0.143. The van der Waals surface area contributed by atoms with Crippen LogP contribution in [0.3, 0.4) is 0 Å². The minimum Gasteiger partial charge on any atom is -0.480 e. The summed E-state index contributed by atoms with van der Waals surface area (Å²) in [5.41, 5.74) is -0.119. The lowest BCUT2D eigenvalue weighted by atomic mass is 10.2. The standard InChI is InChI=1S/C14H13N3O5S/c1-22-13-10-11(16-14(19)17-12(10)18)9(7-15-13)23(20,21)8-5-3-2-4-6-8/h2-7,14,16,19H,1H3,(H,17,18). The summed E-state index contributed by atoms with van der Waals surface area (Å²) in [5, 5.41) is 14.4. The minimum atomic E-state index is -3.92. The second kappa shape index (κ2) is 5.52. The molecule has 2 heterocycles. The van der Waals surface area contributed by atoms with Gasteiger partial charge in [0.2, 0.25) is 22.1 Å².